The van der Waals surface area contributed by atoms with Crippen molar-refractivity contribution in [1.29, 1.82) is 0 Å². The summed E-state index contributed by atoms with van der Waals surface area (Å²) in [5, 5.41) is 3.04. The first kappa shape index (κ1) is 23.8. The van der Waals surface area contributed by atoms with Gasteiger partial charge in [-0.05, 0) is 73.6 Å². The molecule has 2 aromatic carbocycles. The van der Waals surface area contributed by atoms with Gasteiger partial charge >= 0.3 is 0 Å². The van der Waals surface area contributed by atoms with Crippen LogP contribution < -0.4 is 29.0 Å². The van der Waals surface area contributed by atoms with Gasteiger partial charge in [-0.2, -0.15) is 0 Å². The van der Waals surface area contributed by atoms with Crippen molar-refractivity contribution in [2.45, 2.75) is 44.1 Å². The lowest BCUT2D eigenvalue weighted by Crippen LogP contribution is -2.35. The number of piperidine rings is 1. The number of hydrogen-bond donors (Lipinski definition) is 1. The third-order valence-corrected chi connectivity index (χ3v) is 6.55. The number of methoxy groups -OCH3 is 4. The van der Waals surface area contributed by atoms with Crippen LogP contribution in [0.3, 0.4) is 0 Å². The van der Waals surface area contributed by atoms with Crippen molar-refractivity contribution in [3.63, 3.8) is 0 Å². The monoisotopic (exact) mass is 467 g/mol. The maximum Gasteiger partial charge on any atom is 0.247 e. The van der Waals surface area contributed by atoms with Crippen molar-refractivity contribution in [1.82, 2.24) is 5.32 Å². The van der Waals surface area contributed by atoms with E-state index >= 15 is 0 Å². The highest BCUT2D eigenvalue weighted by molar-refractivity contribution is 5.99. The number of benzene rings is 2. The summed E-state index contributed by atoms with van der Waals surface area (Å²) in [5.41, 5.74) is 2.62. The average Bonchev–Trinajstić information content (AvgIpc) is 3.37. The predicted molar refractivity (Wildman–Crippen MR) is 130 cm³/mol. The van der Waals surface area contributed by atoms with Gasteiger partial charge in [0.25, 0.3) is 0 Å². The molecule has 1 N–H and O–H groups in total. The lowest BCUT2D eigenvalue weighted by Gasteiger charge is -2.26. The predicted octanol–water partition coefficient (Wildman–Crippen LogP) is 4.73. The molecule has 2 aromatic rings. The molecule has 7 heteroatoms. The number of ether oxygens (including phenoxy) is 5. The Balaban J connectivity index is 1.60. The fraction of sp³-hybridized carbons (Fsp3) is 0.444. The van der Waals surface area contributed by atoms with Crippen molar-refractivity contribution in [3.8, 4) is 28.7 Å². The molecule has 0 aromatic heterocycles. The van der Waals surface area contributed by atoms with Gasteiger partial charge < -0.3 is 29.0 Å². The fourth-order valence-electron chi connectivity index (χ4n) is 4.73. The molecule has 1 aliphatic carbocycles. The molecule has 34 heavy (non-hydrogen) atoms. The highest BCUT2D eigenvalue weighted by Crippen LogP contribution is 2.40. The zero-order valence-corrected chi connectivity index (χ0v) is 20.3. The summed E-state index contributed by atoms with van der Waals surface area (Å²) in [6, 6.07) is 9.76. The van der Waals surface area contributed by atoms with Gasteiger partial charge in [-0.25, -0.2) is 0 Å². The van der Waals surface area contributed by atoms with E-state index in [1.54, 1.807) is 28.4 Å². The minimum Gasteiger partial charge on any atom is -0.493 e. The summed E-state index contributed by atoms with van der Waals surface area (Å²) in [7, 11) is 6.38. The van der Waals surface area contributed by atoms with Crippen LogP contribution in [-0.4, -0.2) is 47.0 Å². The lowest BCUT2D eigenvalue weighted by atomic mass is 9.87. The molecule has 1 saturated heterocycles. The third kappa shape index (κ3) is 5.08. The van der Waals surface area contributed by atoms with Crippen molar-refractivity contribution in [3.05, 3.63) is 47.0 Å². The van der Waals surface area contributed by atoms with Gasteiger partial charge in [0.15, 0.2) is 23.0 Å². The summed E-state index contributed by atoms with van der Waals surface area (Å²) < 4.78 is 28.1. The van der Waals surface area contributed by atoms with Crippen LogP contribution in [0.4, 0.5) is 0 Å². The number of hydrogen-bond acceptors (Lipinski definition) is 6. The van der Waals surface area contributed by atoms with Gasteiger partial charge in [0, 0.05) is 18.0 Å². The number of carbonyl (C=O) groups excluding carboxylic acids is 1. The quantitative estimate of drug-likeness (QED) is 0.566. The lowest BCUT2D eigenvalue weighted by molar-refractivity contribution is -0.118. The third-order valence-electron chi connectivity index (χ3n) is 6.55. The van der Waals surface area contributed by atoms with E-state index < -0.39 is 0 Å². The number of amides is 1. The van der Waals surface area contributed by atoms with Gasteiger partial charge in [-0.15, -0.1) is 0 Å². The summed E-state index contributed by atoms with van der Waals surface area (Å²) >= 11 is 0. The number of carbonyl (C=O) groups is 1. The largest absolute Gasteiger partial charge is 0.493 e. The number of rotatable bonds is 8. The maximum atomic E-state index is 12.7. The molecule has 1 saturated carbocycles. The average molecular weight is 468 g/mol. The molecule has 1 atom stereocenters. The highest BCUT2D eigenvalue weighted by Gasteiger charge is 2.26. The van der Waals surface area contributed by atoms with Gasteiger partial charge in [-0.3, -0.25) is 4.79 Å². The van der Waals surface area contributed by atoms with Crippen LogP contribution in [0, 0.1) is 0 Å². The van der Waals surface area contributed by atoms with E-state index in [9.17, 15) is 4.79 Å². The zero-order valence-electron chi connectivity index (χ0n) is 20.3. The first-order chi connectivity index (χ1) is 16.6. The Labute approximate surface area is 201 Å². The molecule has 0 bridgehead atoms. The molecule has 7 nitrogen and oxygen atoms in total. The highest BCUT2D eigenvalue weighted by atomic mass is 16.5. The normalized spacial score (nSPS) is 19.6. The minimum absolute atomic E-state index is 0.0686. The second-order valence-corrected chi connectivity index (χ2v) is 8.67. The molecule has 182 valence electrons. The zero-order chi connectivity index (χ0) is 24.1. The van der Waals surface area contributed by atoms with Gasteiger partial charge in [0.05, 0.1) is 34.5 Å². The Hall–Kier alpha value is -3.35. The SMILES string of the molecule is COc1ccc(C2CNC(=O)/C(=C\c3cc(OC)c(OC)c(OC)c3)C2)cc1OC1CCCC1. The van der Waals surface area contributed by atoms with Gasteiger partial charge in [0.2, 0.25) is 11.7 Å². The molecule has 2 aliphatic rings. The van der Waals surface area contributed by atoms with E-state index in [2.05, 4.69) is 17.4 Å². The first-order valence-electron chi connectivity index (χ1n) is 11.7. The fourth-order valence-corrected chi connectivity index (χ4v) is 4.73. The van der Waals surface area contributed by atoms with E-state index in [0.717, 1.165) is 35.5 Å². The van der Waals surface area contributed by atoms with E-state index in [-0.39, 0.29) is 17.9 Å². The van der Waals surface area contributed by atoms with Crippen LogP contribution in [0.2, 0.25) is 0 Å². The summed E-state index contributed by atoms with van der Waals surface area (Å²) in [4.78, 5) is 12.7. The topological polar surface area (TPSA) is 75.3 Å². The number of nitrogens with one attached hydrogen (secondary N) is 1. The van der Waals surface area contributed by atoms with Crippen LogP contribution in [0.15, 0.2) is 35.9 Å². The van der Waals surface area contributed by atoms with Crippen molar-refractivity contribution < 1.29 is 28.5 Å². The second kappa shape index (κ2) is 10.7. The van der Waals surface area contributed by atoms with Crippen LogP contribution >= 0.6 is 0 Å². The van der Waals surface area contributed by atoms with E-state index in [1.165, 1.54) is 12.8 Å². The summed E-state index contributed by atoms with van der Waals surface area (Å²) in [6.45, 7) is 0.570. The second-order valence-electron chi connectivity index (χ2n) is 8.67. The molecule has 1 amide bonds. The first-order valence-corrected chi connectivity index (χ1v) is 11.7. The van der Waals surface area contributed by atoms with E-state index in [0.29, 0.717) is 35.8 Å². The minimum atomic E-state index is -0.0686. The van der Waals surface area contributed by atoms with Gasteiger partial charge in [-0.1, -0.05) is 6.07 Å². The Morgan fingerprint density at radius 2 is 1.53 bits per heavy atom. The maximum absolute atomic E-state index is 12.7. The van der Waals surface area contributed by atoms with Crippen molar-refractivity contribution in [2.24, 2.45) is 0 Å². The van der Waals surface area contributed by atoms with Crippen molar-refractivity contribution in [2.75, 3.05) is 35.0 Å². The van der Waals surface area contributed by atoms with Crippen LogP contribution in [-0.2, 0) is 4.79 Å². The molecule has 1 aliphatic heterocycles. The summed E-state index contributed by atoms with van der Waals surface area (Å²) in [6.07, 6.45) is 7.30. The Morgan fingerprint density at radius 1 is 0.853 bits per heavy atom. The van der Waals surface area contributed by atoms with Crippen LogP contribution in [0.1, 0.15) is 49.1 Å². The van der Waals surface area contributed by atoms with E-state index in [4.69, 9.17) is 23.7 Å². The van der Waals surface area contributed by atoms with E-state index in [1.807, 2.05) is 24.3 Å². The molecule has 1 heterocycles. The Kier molecular flexibility index (Phi) is 7.50. The standard InChI is InChI=1S/C27H33NO6/c1-30-22-10-9-18(15-23(22)34-21-7-5-6-8-21)20-14-19(27(29)28-16-20)11-17-12-24(31-2)26(33-4)25(13-17)32-3/h9-13,15,20-21H,5-8,14,16H2,1-4H3,(H,28,29)/b19-11-. The molecule has 1 unspecified atom stereocenters. The van der Waals surface area contributed by atoms with Crippen LogP contribution in [0.25, 0.3) is 6.08 Å². The Bertz CT molecular complexity index is 1030. The molecular weight excluding hydrogens is 434 g/mol. The Morgan fingerprint density at radius 3 is 2.15 bits per heavy atom. The molecular formula is C27H33NO6. The van der Waals surface area contributed by atoms with Gasteiger partial charge in [0.1, 0.15) is 0 Å². The molecule has 0 spiro atoms. The molecule has 0 radical (unpaired) electrons. The van der Waals surface area contributed by atoms with Crippen LogP contribution in [0.5, 0.6) is 28.7 Å². The molecule has 2 fully saturated rings. The molecule has 4 rings (SSSR count). The summed E-state index contributed by atoms with van der Waals surface area (Å²) in [5.74, 6) is 3.19. The van der Waals surface area contributed by atoms with Crippen molar-refractivity contribution >= 4 is 12.0 Å². The smallest absolute Gasteiger partial charge is 0.247 e.